The Balaban J connectivity index is 1.37. The quantitative estimate of drug-likeness (QED) is 0.436. The molecule has 174 valence electrons. The van der Waals surface area contributed by atoms with Crippen LogP contribution in [0, 0.1) is 5.92 Å². The first-order valence-corrected chi connectivity index (χ1v) is 11.4. The van der Waals surface area contributed by atoms with Gasteiger partial charge in [0.05, 0.1) is 19.5 Å². The Bertz CT molecular complexity index is 1040. The van der Waals surface area contributed by atoms with Gasteiger partial charge in [0.1, 0.15) is 6.61 Å². The minimum atomic E-state index is 0.390. The number of aliphatic imine (C=N–C) groups is 1. The van der Waals surface area contributed by atoms with Crippen LogP contribution >= 0.6 is 0 Å². The zero-order valence-electron chi connectivity index (χ0n) is 19.6. The van der Waals surface area contributed by atoms with Gasteiger partial charge < -0.3 is 24.3 Å². The standard InChI is InChI=1S/C26H33N5O2/c1-20-11-13-30(17-23(20)31-14-12-28-19-31)26(27-2)29-16-22-9-10-24(25(15-22)32-3)33-18-21-7-5-4-6-8-21/h4-10,12,14-15,19-20,23H,11,13,16-18H2,1-3H3,(H,27,29). The number of imidazole rings is 1. The molecule has 0 saturated carbocycles. The van der Waals surface area contributed by atoms with Crippen LogP contribution in [0.2, 0.25) is 0 Å². The number of guanidine groups is 1. The number of piperidine rings is 1. The van der Waals surface area contributed by atoms with Gasteiger partial charge in [-0.3, -0.25) is 4.99 Å². The van der Waals surface area contributed by atoms with Crippen molar-refractivity contribution in [1.29, 1.82) is 0 Å². The summed E-state index contributed by atoms with van der Waals surface area (Å²) in [5.41, 5.74) is 2.23. The number of ether oxygens (including phenoxy) is 2. The lowest BCUT2D eigenvalue weighted by atomic mass is 9.93. The van der Waals surface area contributed by atoms with Gasteiger partial charge in [-0.05, 0) is 35.6 Å². The highest BCUT2D eigenvalue weighted by Crippen LogP contribution is 2.29. The molecule has 1 aliphatic heterocycles. The molecule has 1 saturated heterocycles. The molecule has 2 heterocycles. The summed E-state index contributed by atoms with van der Waals surface area (Å²) in [5, 5.41) is 3.52. The number of benzene rings is 2. The first kappa shape index (κ1) is 22.7. The maximum Gasteiger partial charge on any atom is 0.193 e. The summed E-state index contributed by atoms with van der Waals surface area (Å²) in [7, 11) is 3.51. The number of aromatic nitrogens is 2. The second kappa shape index (κ2) is 10.9. The molecular formula is C26H33N5O2. The van der Waals surface area contributed by atoms with E-state index >= 15 is 0 Å². The van der Waals surface area contributed by atoms with E-state index in [1.807, 2.05) is 49.9 Å². The summed E-state index contributed by atoms with van der Waals surface area (Å²) < 4.78 is 13.8. The van der Waals surface area contributed by atoms with Crippen LogP contribution in [0.3, 0.4) is 0 Å². The van der Waals surface area contributed by atoms with Crippen molar-refractivity contribution in [2.45, 2.75) is 32.5 Å². The Labute approximate surface area is 196 Å². The van der Waals surface area contributed by atoms with Crippen LogP contribution in [0.15, 0.2) is 72.2 Å². The van der Waals surface area contributed by atoms with Gasteiger partial charge in [0.25, 0.3) is 0 Å². The molecule has 0 aliphatic carbocycles. The van der Waals surface area contributed by atoms with Gasteiger partial charge in [0, 0.05) is 39.1 Å². The van der Waals surface area contributed by atoms with Gasteiger partial charge in [-0.25, -0.2) is 4.98 Å². The molecule has 2 atom stereocenters. The van der Waals surface area contributed by atoms with E-state index in [9.17, 15) is 0 Å². The average molecular weight is 448 g/mol. The van der Waals surface area contributed by atoms with Crippen LogP contribution in [0.5, 0.6) is 11.5 Å². The van der Waals surface area contributed by atoms with E-state index in [2.05, 4.69) is 56.1 Å². The lowest BCUT2D eigenvalue weighted by Crippen LogP contribution is -2.48. The van der Waals surface area contributed by atoms with Crippen LogP contribution in [0.4, 0.5) is 0 Å². The van der Waals surface area contributed by atoms with Gasteiger partial charge >= 0.3 is 0 Å². The molecule has 2 aromatic carbocycles. The van der Waals surface area contributed by atoms with Crippen LogP contribution in [0.25, 0.3) is 0 Å². The summed E-state index contributed by atoms with van der Waals surface area (Å²) in [6, 6.07) is 16.6. The van der Waals surface area contributed by atoms with Crippen molar-refractivity contribution in [1.82, 2.24) is 19.8 Å². The predicted molar refractivity (Wildman–Crippen MR) is 131 cm³/mol. The fraction of sp³-hybridized carbons (Fsp3) is 0.385. The summed E-state index contributed by atoms with van der Waals surface area (Å²) in [6.07, 6.45) is 6.92. The Kier molecular flexibility index (Phi) is 7.50. The normalized spacial score (nSPS) is 18.8. The van der Waals surface area contributed by atoms with Crippen molar-refractivity contribution >= 4 is 5.96 Å². The topological polar surface area (TPSA) is 63.9 Å². The zero-order valence-corrected chi connectivity index (χ0v) is 19.6. The Morgan fingerprint density at radius 2 is 2.00 bits per heavy atom. The smallest absolute Gasteiger partial charge is 0.193 e. The van der Waals surface area contributed by atoms with E-state index in [0.29, 0.717) is 25.1 Å². The van der Waals surface area contributed by atoms with Gasteiger partial charge in [-0.1, -0.05) is 43.3 Å². The predicted octanol–water partition coefficient (Wildman–Crippen LogP) is 4.13. The van der Waals surface area contributed by atoms with Gasteiger partial charge in [-0.15, -0.1) is 0 Å². The molecule has 1 fully saturated rings. The highest BCUT2D eigenvalue weighted by atomic mass is 16.5. The molecule has 0 amide bonds. The number of nitrogens with one attached hydrogen (secondary N) is 1. The lowest BCUT2D eigenvalue weighted by molar-refractivity contribution is 0.189. The number of likely N-dealkylation sites (tertiary alicyclic amines) is 1. The molecule has 2 unspecified atom stereocenters. The third-order valence-electron chi connectivity index (χ3n) is 6.25. The minimum absolute atomic E-state index is 0.390. The first-order valence-electron chi connectivity index (χ1n) is 11.4. The molecule has 1 aliphatic rings. The molecule has 0 radical (unpaired) electrons. The molecular weight excluding hydrogens is 414 g/mol. The molecule has 4 rings (SSSR count). The number of methoxy groups -OCH3 is 1. The number of rotatable bonds is 7. The Hall–Kier alpha value is -3.48. The van der Waals surface area contributed by atoms with Gasteiger partial charge in [0.15, 0.2) is 17.5 Å². The van der Waals surface area contributed by atoms with E-state index in [1.54, 1.807) is 7.11 Å². The number of hydrogen-bond donors (Lipinski definition) is 1. The Morgan fingerprint density at radius 3 is 2.73 bits per heavy atom. The van der Waals surface area contributed by atoms with Gasteiger partial charge in [-0.2, -0.15) is 0 Å². The van der Waals surface area contributed by atoms with E-state index in [-0.39, 0.29) is 0 Å². The molecule has 3 aromatic rings. The van der Waals surface area contributed by atoms with Crippen LogP contribution in [0.1, 0.15) is 30.5 Å². The molecule has 1 N–H and O–H groups in total. The highest BCUT2D eigenvalue weighted by molar-refractivity contribution is 5.80. The van der Waals surface area contributed by atoms with E-state index in [0.717, 1.165) is 48.1 Å². The average Bonchev–Trinajstić information content (AvgIpc) is 3.39. The van der Waals surface area contributed by atoms with Crippen LogP contribution < -0.4 is 14.8 Å². The van der Waals surface area contributed by atoms with E-state index < -0.39 is 0 Å². The Morgan fingerprint density at radius 1 is 1.15 bits per heavy atom. The highest BCUT2D eigenvalue weighted by Gasteiger charge is 2.28. The third kappa shape index (κ3) is 5.66. The van der Waals surface area contributed by atoms with Gasteiger partial charge in [0.2, 0.25) is 0 Å². The summed E-state index contributed by atoms with van der Waals surface area (Å²) >= 11 is 0. The van der Waals surface area contributed by atoms with E-state index in [1.165, 1.54) is 0 Å². The first-order chi connectivity index (χ1) is 16.2. The van der Waals surface area contributed by atoms with Crippen LogP contribution in [-0.2, 0) is 13.2 Å². The molecule has 0 spiro atoms. The minimum Gasteiger partial charge on any atom is -0.493 e. The largest absolute Gasteiger partial charge is 0.493 e. The molecule has 0 bridgehead atoms. The maximum atomic E-state index is 5.98. The lowest BCUT2D eigenvalue weighted by Gasteiger charge is -2.39. The fourth-order valence-corrected chi connectivity index (χ4v) is 4.28. The maximum absolute atomic E-state index is 5.98. The molecule has 7 heteroatoms. The van der Waals surface area contributed by atoms with Crippen molar-refractivity contribution in [3.05, 3.63) is 78.4 Å². The summed E-state index contributed by atoms with van der Waals surface area (Å²) in [6.45, 7) is 5.37. The molecule has 1 aromatic heterocycles. The second-order valence-corrected chi connectivity index (χ2v) is 8.45. The van der Waals surface area contributed by atoms with Crippen molar-refractivity contribution in [3.63, 3.8) is 0 Å². The SMILES string of the molecule is CN=C(NCc1ccc(OCc2ccccc2)c(OC)c1)N1CCC(C)C(n2ccnc2)C1. The van der Waals surface area contributed by atoms with Crippen molar-refractivity contribution in [2.75, 3.05) is 27.2 Å². The summed E-state index contributed by atoms with van der Waals surface area (Å²) in [4.78, 5) is 11.1. The summed E-state index contributed by atoms with van der Waals surface area (Å²) in [5.74, 6) is 2.98. The van der Waals surface area contributed by atoms with Crippen molar-refractivity contribution in [2.24, 2.45) is 10.9 Å². The molecule has 33 heavy (non-hydrogen) atoms. The number of nitrogens with zero attached hydrogens (tertiary/aromatic N) is 4. The monoisotopic (exact) mass is 447 g/mol. The number of hydrogen-bond acceptors (Lipinski definition) is 4. The van der Waals surface area contributed by atoms with Crippen molar-refractivity contribution in [3.8, 4) is 11.5 Å². The fourth-order valence-electron chi connectivity index (χ4n) is 4.28. The zero-order chi connectivity index (χ0) is 23.0. The van der Waals surface area contributed by atoms with E-state index in [4.69, 9.17) is 9.47 Å². The molecule has 7 nitrogen and oxygen atoms in total. The second-order valence-electron chi connectivity index (χ2n) is 8.45. The van der Waals surface area contributed by atoms with Crippen LogP contribution in [-0.4, -0.2) is 47.7 Å². The van der Waals surface area contributed by atoms with Crippen molar-refractivity contribution < 1.29 is 9.47 Å². The third-order valence-corrected chi connectivity index (χ3v) is 6.25.